The van der Waals surface area contributed by atoms with Gasteiger partial charge in [-0.25, -0.2) is 4.39 Å². The van der Waals surface area contributed by atoms with Crippen LogP contribution in [0.4, 0.5) is 4.39 Å². The number of hydrogen-bond donors (Lipinski definition) is 0. The first-order valence-electron chi connectivity index (χ1n) is 11.0. The summed E-state index contributed by atoms with van der Waals surface area (Å²) in [5, 5.41) is 0. The summed E-state index contributed by atoms with van der Waals surface area (Å²) in [6, 6.07) is 10.9. The number of rotatable bonds is 7. The Balaban J connectivity index is 0.00000218. The van der Waals surface area contributed by atoms with Gasteiger partial charge in [-0.1, -0.05) is 0 Å². The Hall–Kier alpha value is -1.20. The summed E-state index contributed by atoms with van der Waals surface area (Å²) in [5.41, 5.74) is 1.27. The van der Waals surface area contributed by atoms with Crippen molar-refractivity contribution in [1.82, 2.24) is 0 Å². The summed E-state index contributed by atoms with van der Waals surface area (Å²) in [6.45, 7) is 0.525. The summed E-state index contributed by atoms with van der Waals surface area (Å²) in [5.74, 6) is 3.69. The van der Waals surface area contributed by atoms with E-state index in [0.717, 1.165) is 54.1 Å². The van der Waals surface area contributed by atoms with Crippen molar-refractivity contribution in [3.8, 4) is 0 Å². The fourth-order valence-electron chi connectivity index (χ4n) is 6.36. The zero-order valence-corrected chi connectivity index (χ0v) is 19.6. The predicted octanol–water partition coefficient (Wildman–Crippen LogP) is 2.24. The minimum Gasteiger partial charge on any atom is -1.00 e. The number of pyridine rings is 1. The third-order valence-corrected chi connectivity index (χ3v) is 8.40. The van der Waals surface area contributed by atoms with Crippen LogP contribution in [0.5, 0.6) is 0 Å². The number of Topliss-reactive ketones (excluding diaryl/α,β-unsaturated/α-hetero) is 1. The predicted molar refractivity (Wildman–Crippen MR) is 113 cm³/mol. The molecule has 1 heterocycles. The molecule has 5 heteroatoms. The second-order valence-corrected chi connectivity index (χ2v) is 10.7. The second-order valence-electron chi connectivity index (χ2n) is 9.55. The van der Waals surface area contributed by atoms with E-state index in [4.69, 9.17) is 0 Å². The van der Waals surface area contributed by atoms with Crippen molar-refractivity contribution < 1.29 is 30.7 Å². The number of aromatic nitrogens is 1. The Morgan fingerprint density at radius 1 is 0.967 bits per heavy atom. The van der Waals surface area contributed by atoms with Crippen LogP contribution < -0.4 is 21.5 Å². The standard InChI is InChI=1S/C25H29FNOS.BrH/c26-22-1-3-23(4-2-22)29-10-7-18-5-8-27(9-6-18)17-24(28)25-14-19-11-20(15-25)13-21(12-19)16-25;/h1-6,8-9,19-21H,7,10-17H2;1H/q+1;/p-1. The van der Waals surface area contributed by atoms with E-state index < -0.39 is 0 Å². The third kappa shape index (κ3) is 4.67. The number of ketones is 1. The highest BCUT2D eigenvalue weighted by atomic mass is 79.9. The molecule has 30 heavy (non-hydrogen) atoms. The number of benzene rings is 1. The molecule has 4 bridgehead atoms. The summed E-state index contributed by atoms with van der Waals surface area (Å²) in [4.78, 5) is 14.3. The highest BCUT2D eigenvalue weighted by molar-refractivity contribution is 7.99. The molecular weight excluding hydrogens is 461 g/mol. The van der Waals surface area contributed by atoms with Crippen LogP contribution in [-0.4, -0.2) is 11.5 Å². The first kappa shape index (κ1) is 22.0. The van der Waals surface area contributed by atoms with Gasteiger partial charge >= 0.3 is 0 Å². The van der Waals surface area contributed by atoms with E-state index >= 15 is 0 Å². The van der Waals surface area contributed by atoms with Gasteiger partial charge < -0.3 is 17.0 Å². The smallest absolute Gasteiger partial charge is 0.207 e. The van der Waals surface area contributed by atoms with E-state index in [0.29, 0.717) is 12.3 Å². The van der Waals surface area contributed by atoms with Gasteiger partial charge in [0.1, 0.15) is 5.82 Å². The van der Waals surface area contributed by atoms with Gasteiger partial charge in [-0.05, 0) is 92.5 Å². The van der Waals surface area contributed by atoms with Gasteiger partial charge in [0.05, 0.1) is 0 Å². The quantitative estimate of drug-likeness (QED) is 0.439. The number of nitrogens with zero attached hydrogens (tertiary/aromatic N) is 1. The lowest BCUT2D eigenvalue weighted by atomic mass is 9.48. The Morgan fingerprint density at radius 3 is 2.10 bits per heavy atom. The first-order valence-corrected chi connectivity index (χ1v) is 12.0. The van der Waals surface area contributed by atoms with Gasteiger partial charge in [0.2, 0.25) is 12.3 Å². The number of carbonyl (C=O) groups excluding carboxylic acids is 1. The molecule has 0 aliphatic heterocycles. The van der Waals surface area contributed by atoms with E-state index in [1.165, 1.54) is 37.0 Å². The first-order chi connectivity index (χ1) is 14.1. The normalized spacial score (nSPS) is 28.9. The third-order valence-electron chi connectivity index (χ3n) is 7.39. The van der Waals surface area contributed by atoms with E-state index in [9.17, 15) is 9.18 Å². The molecule has 4 fully saturated rings. The van der Waals surface area contributed by atoms with Gasteiger partial charge in [-0.2, -0.15) is 4.57 Å². The fraction of sp³-hybridized carbons (Fsp3) is 0.520. The van der Waals surface area contributed by atoms with Gasteiger partial charge in [0, 0.05) is 28.2 Å². The van der Waals surface area contributed by atoms with Crippen molar-refractivity contribution >= 4 is 17.5 Å². The summed E-state index contributed by atoms with van der Waals surface area (Å²) in [7, 11) is 0. The van der Waals surface area contributed by atoms with Gasteiger partial charge in [0.25, 0.3) is 0 Å². The molecule has 4 aliphatic carbocycles. The molecule has 2 aromatic rings. The molecule has 0 radical (unpaired) electrons. The van der Waals surface area contributed by atoms with Gasteiger partial charge in [-0.3, -0.25) is 4.79 Å². The molecule has 0 atom stereocenters. The van der Waals surface area contributed by atoms with Crippen LogP contribution in [0.25, 0.3) is 0 Å². The SMILES string of the molecule is O=C(C[n+]1ccc(CCSc2ccc(F)cc2)cc1)C12CC3CC(CC(C3)C1)C2.[Br-]. The largest absolute Gasteiger partial charge is 1.00 e. The minimum atomic E-state index is -0.190. The molecule has 6 rings (SSSR count). The Morgan fingerprint density at radius 2 is 1.53 bits per heavy atom. The van der Waals surface area contributed by atoms with Crippen LogP contribution in [-0.2, 0) is 17.8 Å². The van der Waals surface area contributed by atoms with E-state index in [2.05, 4.69) is 29.1 Å². The Kier molecular flexibility index (Phi) is 6.69. The maximum atomic E-state index is 13.3. The topological polar surface area (TPSA) is 20.9 Å². The van der Waals surface area contributed by atoms with Gasteiger partial charge in [-0.15, -0.1) is 11.8 Å². The highest BCUT2D eigenvalue weighted by Gasteiger charge is 2.54. The number of halogens is 2. The molecule has 1 aromatic carbocycles. The molecule has 0 spiro atoms. The molecular formula is C25H29BrFNOS. The molecule has 160 valence electrons. The van der Waals surface area contributed by atoms with Crippen LogP contribution in [0.3, 0.4) is 0 Å². The van der Waals surface area contributed by atoms with E-state index in [1.807, 2.05) is 12.1 Å². The molecule has 4 saturated carbocycles. The summed E-state index contributed by atoms with van der Waals surface area (Å²) < 4.78 is 15.0. The van der Waals surface area contributed by atoms with Crippen molar-refractivity contribution in [3.63, 3.8) is 0 Å². The van der Waals surface area contributed by atoms with Gasteiger partial charge in [0.15, 0.2) is 12.4 Å². The number of carbonyl (C=O) groups is 1. The monoisotopic (exact) mass is 489 g/mol. The lowest BCUT2D eigenvalue weighted by Crippen LogP contribution is -3.00. The van der Waals surface area contributed by atoms with Crippen LogP contribution in [0.2, 0.25) is 0 Å². The Labute approximate surface area is 193 Å². The fourth-order valence-corrected chi connectivity index (χ4v) is 7.27. The maximum Gasteiger partial charge on any atom is 0.207 e. The number of thioether (sulfide) groups is 1. The average Bonchev–Trinajstić information content (AvgIpc) is 2.70. The second kappa shape index (κ2) is 9.12. The molecule has 2 nitrogen and oxygen atoms in total. The van der Waals surface area contributed by atoms with E-state index in [-0.39, 0.29) is 28.2 Å². The molecule has 0 unspecified atom stereocenters. The molecule has 0 N–H and O–H groups in total. The van der Waals surface area contributed by atoms with Crippen molar-refractivity contribution in [1.29, 1.82) is 0 Å². The highest BCUT2D eigenvalue weighted by Crippen LogP contribution is 2.60. The summed E-state index contributed by atoms with van der Waals surface area (Å²) in [6.07, 6.45) is 12.7. The van der Waals surface area contributed by atoms with Crippen molar-refractivity contribution in [2.75, 3.05) is 5.75 Å². The van der Waals surface area contributed by atoms with Crippen LogP contribution in [0.1, 0.15) is 44.1 Å². The van der Waals surface area contributed by atoms with Crippen molar-refractivity contribution in [2.45, 2.75) is 56.4 Å². The molecule has 0 saturated heterocycles. The van der Waals surface area contributed by atoms with Crippen LogP contribution >= 0.6 is 11.8 Å². The maximum absolute atomic E-state index is 13.3. The lowest BCUT2D eigenvalue weighted by molar-refractivity contribution is -0.685. The van der Waals surface area contributed by atoms with Crippen LogP contribution in [0, 0.1) is 29.0 Å². The average molecular weight is 490 g/mol. The zero-order valence-electron chi connectivity index (χ0n) is 17.2. The summed E-state index contributed by atoms with van der Waals surface area (Å²) >= 11 is 1.74. The van der Waals surface area contributed by atoms with Crippen molar-refractivity contribution in [2.24, 2.45) is 23.2 Å². The minimum absolute atomic E-state index is 0. The molecule has 1 aromatic heterocycles. The Bertz CT molecular complexity index is 848. The lowest BCUT2D eigenvalue weighted by Gasteiger charge is -2.55. The zero-order chi connectivity index (χ0) is 19.8. The van der Waals surface area contributed by atoms with E-state index in [1.54, 1.807) is 11.8 Å². The van der Waals surface area contributed by atoms with Crippen molar-refractivity contribution in [3.05, 3.63) is 60.2 Å². The number of hydrogen-bond acceptors (Lipinski definition) is 2. The molecule has 0 amide bonds. The number of aryl methyl sites for hydroxylation is 1. The van der Waals surface area contributed by atoms with Crippen LogP contribution in [0.15, 0.2) is 53.7 Å². The molecule has 4 aliphatic rings.